The molecule has 1 unspecified atom stereocenters. The van der Waals surface area contributed by atoms with E-state index in [2.05, 4.69) is 47.4 Å². The molecule has 2 heterocycles. The van der Waals surface area contributed by atoms with Crippen molar-refractivity contribution in [3.63, 3.8) is 0 Å². The minimum Gasteiger partial charge on any atom is -0.492 e. The number of carbonyl (C=O) groups is 1. The molecule has 4 rings (SSSR count). The second-order valence-corrected chi connectivity index (χ2v) is 10.1. The van der Waals surface area contributed by atoms with Crippen molar-refractivity contribution in [2.75, 3.05) is 20.3 Å². The van der Waals surface area contributed by atoms with E-state index in [-0.39, 0.29) is 18.1 Å². The molecule has 1 fully saturated rings. The highest BCUT2D eigenvalue weighted by Gasteiger charge is 2.34. The second kappa shape index (κ2) is 11.2. The number of hydrogen-bond acceptors (Lipinski definition) is 5. The zero-order valence-corrected chi connectivity index (χ0v) is 20.7. The zero-order chi connectivity index (χ0) is 23.2. The lowest BCUT2D eigenvalue weighted by Gasteiger charge is -2.30. The number of rotatable bonds is 9. The lowest BCUT2D eigenvalue weighted by atomic mass is 10.0. The highest BCUT2D eigenvalue weighted by molar-refractivity contribution is 7.19. The summed E-state index contributed by atoms with van der Waals surface area (Å²) in [6.07, 6.45) is 3.75. The van der Waals surface area contributed by atoms with Crippen LogP contribution in [0.25, 0.3) is 10.4 Å². The van der Waals surface area contributed by atoms with Gasteiger partial charge in [-0.2, -0.15) is 0 Å². The standard InChI is InChI=1S/C27H30ClNO3S/c1-3-24(27(30)31-2)29-16-4-5-22(29)18-32-23-12-8-20(9-13-23)17-19-6-10-21(11-7-19)25-14-15-26(28)33-25/h6-15,22,24H,3-5,16-18H2,1-2H3/t22-,24?/m1/s1. The average Bonchev–Trinajstić information content (AvgIpc) is 3.48. The van der Waals surface area contributed by atoms with Crippen LogP contribution in [0.1, 0.15) is 37.3 Å². The number of nitrogens with zero attached hydrogens (tertiary/aromatic N) is 1. The fourth-order valence-electron chi connectivity index (χ4n) is 4.51. The number of methoxy groups -OCH3 is 1. The minimum atomic E-state index is -0.184. The summed E-state index contributed by atoms with van der Waals surface area (Å²) in [5.74, 6) is 0.711. The van der Waals surface area contributed by atoms with Gasteiger partial charge in [0.2, 0.25) is 0 Å². The van der Waals surface area contributed by atoms with Gasteiger partial charge in [-0.05, 0) is 73.2 Å². The summed E-state index contributed by atoms with van der Waals surface area (Å²) in [5.41, 5.74) is 3.71. The predicted octanol–water partition coefficient (Wildman–Crippen LogP) is 6.45. The molecule has 0 spiro atoms. The number of esters is 1. The molecule has 6 heteroatoms. The normalized spacial score (nSPS) is 17.1. The SMILES string of the molecule is CCC(C(=O)OC)N1CCC[C@@H]1COc1ccc(Cc2ccc(-c3ccc(Cl)s3)cc2)cc1. The summed E-state index contributed by atoms with van der Waals surface area (Å²) in [7, 11) is 1.46. The van der Waals surface area contributed by atoms with Crippen LogP contribution in [-0.4, -0.2) is 43.2 Å². The van der Waals surface area contributed by atoms with E-state index < -0.39 is 0 Å². The van der Waals surface area contributed by atoms with Gasteiger partial charge in [0.05, 0.1) is 11.4 Å². The molecule has 4 nitrogen and oxygen atoms in total. The molecule has 174 valence electrons. The number of carbonyl (C=O) groups excluding carboxylic acids is 1. The molecule has 0 bridgehead atoms. The fraction of sp³-hybridized carbons (Fsp3) is 0.370. The monoisotopic (exact) mass is 483 g/mol. The number of halogens is 1. The molecule has 2 aromatic carbocycles. The Morgan fingerprint density at radius 1 is 1.09 bits per heavy atom. The highest BCUT2D eigenvalue weighted by Crippen LogP contribution is 2.31. The Labute approximate surface area is 205 Å². The summed E-state index contributed by atoms with van der Waals surface area (Å²) in [6.45, 7) is 3.53. The van der Waals surface area contributed by atoms with Crippen LogP contribution in [-0.2, 0) is 16.0 Å². The number of thiophene rings is 1. The summed E-state index contributed by atoms with van der Waals surface area (Å²) in [4.78, 5) is 15.5. The largest absolute Gasteiger partial charge is 0.492 e. The van der Waals surface area contributed by atoms with E-state index in [1.54, 1.807) is 11.3 Å². The maximum atomic E-state index is 12.1. The van der Waals surface area contributed by atoms with Crippen molar-refractivity contribution in [2.24, 2.45) is 0 Å². The van der Waals surface area contributed by atoms with Gasteiger partial charge in [0.15, 0.2) is 0 Å². The summed E-state index contributed by atoms with van der Waals surface area (Å²) in [6, 6.07) is 21.0. The topological polar surface area (TPSA) is 38.8 Å². The van der Waals surface area contributed by atoms with E-state index in [0.717, 1.165) is 42.3 Å². The molecule has 1 saturated heterocycles. The Kier molecular flexibility index (Phi) is 8.07. The maximum absolute atomic E-state index is 12.1. The third kappa shape index (κ3) is 5.97. The Balaban J connectivity index is 1.31. The molecule has 0 radical (unpaired) electrons. The molecular weight excluding hydrogens is 454 g/mol. The first kappa shape index (κ1) is 23.8. The van der Waals surface area contributed by atoms with Gasteiger partial charge in [0.1, 0.15) is 18.4 Å². The average molecular weight is 484 g/mol. The predicted molar refractivity (Wildman–Crippen MR) is 135 cm³/mol. The molecule has 0 aliphatic carbocycles. The van der Waals surface area contributed by atoms with E-state index in [1.807, 2.05) is 25.1 Å². The van der Waals surface area contributed by atoms with E-state index in [4.69, 9.17) is 21.1 Å². The Bertz CT molecular complexity index is 1050. The van der Waals surface area contributed by atoms with Gasteiger partial charge in [-0.15, -0.1) is 11.3 Å². The molecular formula is C27H30ClNO3S. The maximum Gasteiger partial charge on any atom is 0.323 e. The van der Waals surface area contributed by atoms with Crippen LogP contribution in [0.5, 0.6) is 5.75 Å². The van der Waals surface area contributed by atoms with Crippen LogP contribution in [0.4, 0.5) is 0 Å². The lowest BCUT2D eigenvalue weighted by Crippen LogP contribution is -2.46. The molecule has 0 N–H and O–H groups in total. The summed E-state index contributed by atoms with van der Waals surface area (Å²) < 4.78 is 11.9. The smallest absolute Gasteiger partial charge is 0.323 e. The van der Waals surface area contributed by atoms with Crippen molar-refractivity contribution in [3.8, 4) is 16.2 Å². The number of likely N-dealkylation sites (tertiary alicyclic amines) is 1. The van der Waals surface area contributed by atoms with Gasteiger partial charge in [-0.25, -0.2) is 0 Å². The molecule has 1 aromatic heterocycles. The first-order valence-corrected chi connectivity index (χ1v) is 12.7. The first-order chi connectivity index (χ1) is 16.1. The molecule has 1 aliphatic rings. The fourth-order valence-corrected chi connectivity index (χ4v) is 5.56. The number of hydrogen-bond donors (Lipinski definition) is 0. The summed E-state index contributed by atoms with van der Waals surface area (Å²) in [5, 5.41) is 0. The van der Waals surface area contributed by atoms with Gasteiger partial charge < -0.3 is 9.47 Å². The molecule has 3 aromatic rings. The van der Waals surface area contributed by atoms with Gasteiger partial charge in [0, 0.05) is 10.9 Å². The Morgan fingerprint density at radius 2 is 1.79 bits per heavy atom. The minimum absolute atomic E-state index is 0.152. The second-order valence-electron chi connectivity index (χ2n) is 8.41. The van der Waals surface area contributed by atoms with Crippen molar-refractivity contribution in [2.45, 2.75) is 44.7 Å². The molecule has 0 saturated carbocycles. The van der Waals surface area contributed by atoms with Crippen molar-refractivity contribution in [1.29, 1.82) is 0 Å². The van der Waals surface area contributed by atoms with Gasteiger partial charge in [-0.1, -0.05) is 54.9 Å². The van der Waals surface area contributed by atoms with E-state index in [1.165, 1.54) is 28.7 Å². The van der Waals surface area contributed by atoms with E-state index in [9.17, 15) is 4.79 Å². The zero-order valence-electron chi connectivity index (χ0n) is 19.1. The van der Waals surface area contributed by atoms with Crippen molar-refractivity contribution in [3.05, 3.63) is 76.1 Å². The van der Waals surface area contributed by atoms with Crippen LogP contribution in [0, 0.1) is 0 Å². The van der Waals surface area contributed by atoms with Gasteiger partial charge in [0.25, 0.3) is 0 Å². The quantitative estimate of drug-likeness (QED) is 0.327. The van der Waals surface area contributed by atoms with Gasteiger partial charge >= 0.3 is 5.97 Å². The van der Waals surface area contributed by atoms with Crippen LogP contribution in [0.2, 0.25) is 4.34 Å². The third-order valence-electron chi connectivity index (χ3n) is 6.27. The highest BCUT2D eigenvalue weighted by atomic mass is 35.5. The van der Waals surface area contributed by atoms with Crippen LogP contribution < -0.4 is 4.74 Å². The molecule has 1 aliphatic heterocycles. The van der Waals surface area contributed by atoms with E-state index in [0.29, 0.717) is 6.61 Å². The van der Waals surface area contributed by atoms with Gasteiger partial charge in [-0.3, -0.25) is 9.69 Å². The van der Waals surface area contributed by atoms with Crippen LogP contribution in [0.15, 0.2) is 60.7 Å². The molecule has 0 amide bonds. The Morgan fingerprint density at radius 3 is 2.39 bits per heavy atom. The van der Waals surface area contributed by atoms with Crippen molar-refractivity contribution in [1.82, 2.24) is 4.90 Å². The summed E-state index contributed by atoms with van der Waals surface area (Å²) >= 11 is 7.65. The molecule has 33 heavy (non-hydrogen) atoms. The third-order valence-corrected chi connectivity index (χ3v) is 7.55. The van der Waals surface area contributed by atoms with Crippen LogP contribution >= 0.6 is 22.9 Å². The molecule has 2 atom stereocenters. The number of benzene rings is 2. The Hall–Kier alpha value is -2.34. The first-order valence-electron chi connectivity index (χ1n) is 11.5. The van der Waals surface area contributed by atoms with E-state index >= 15 is 0 Å². The lowest BCUT2D eigenvalue weighted by molar-refractivity contribution is -0.147. The van der Waals surface area contributed by atoms with Crippen LogP contribution in [0.3, 0.4) is 0 Å². The van der Waals surface area contributed by atoms with Crippen molar-refractivity contribution < 1.29 is 14.3 Å². The number of ether oxygens (including phenoxy) is 2. The van der Waals surface area contributed by atoms with Crippen molar-refractivity contribution >= 4 is 28.9 Å².